The van der Waals surface area contributed by atoms with Gasteiger partial charge in [-0.15, -0.1) is 11.3 Å². The molecule has 0 spiro atoms. The molecular formula is C10H16N2OS. The van der Waals surface area contributed by atoms with E-state index in [1.807, 2.05) is 6.92 Å². The van der Waals surface area contributed by atoms with Gasteiger partial charge >= 0.3 is 0 Å². The van der Waals surface area contributed by atoms with Gasteiger partial charge in [-0.25, -0.2) is 4.98 Å². The summed E-state index contributed by atoms with van der Waals surface area (Å²) in [6.45, 7) is 2.89. The van der Waals surface area contributed by atoms with Crippen molar-refractivity contribution in [1.29, 1.82) is 0 Å². The maximum atomic E-state index is 8.79. The van der Waals surface area contributed by atoms with Crippen molar-refractivity contribution in [3.63, 3.8) is 0 Å². The van der Waals surface area contributed by atoms with Crippen LogP contribution in [-0.4, -0.2) is 23.2 Å². The van der Waals surface area contributed by atoms with Crippen LogP contribution in [0.15, 0.2) is 5.38 Å². The molecule has 1 saturated carbocycles. The van der Waals surface area contributed by atoms with E-state index in [1.54, 1.807) is 11.3 Å². The Morgan fingerprint density at radius 3 is 3.00 bits per heavy atom. The fourth-order valence-corrected chi connectivity index (χ4v) is 2.58. The van der Waals surface area contributed by atoms with Crippen LogP contribution in [0, 0.1) is 12.8 Å². The third-order valence-electron chi connectivity index (χ3n) is 2.47. The molecule has 0 amide bonds. The second-order valence-corrected chi connectivity index (χ2v) is 4.71. The van der Waals surface area contributed by atoms with Gasteiger partial charge in [0.1, 0.15) is 5.01 Å². The summed E-state index contributed by atoms with van der Waals surface area (Å²) in [4.78, 5) is 4.50. The number of aliphatic hydroxyl groups is 1. The Kier molecular flexibility index (Phi) is 3.15. The number of hydrogen-bond acceptors (Lipinski definition) is 4. The van der Waals surface area contributed by atoms with Crippen molar-refractivity contribution in [2.24, 2.45) is 5.92 Å². The van der Waals surface area contributed by atoms with Crippen LogP contribution >= 0.6 is 11.3 Å². The van der Waals surface area contributed by atoms with Crippen LogP contribution in [0.5, 0.6) is 0 Å². The molecule has 1 aliphatic carbocycles. The summed E-state index contributed by atoms with van der Waals surface area (Å²) in [5, 5.41) is 15.4. The molecular weight excluding hydrogens is 196 g/mol. The van der Waals surface area contributed by atoms with E-state index in [2.05, 4.69) is 15.7 Å². The molecule has 1 fully saturated rings. The minimum absolute atomic E-state index is 0.202. The number of nitrogens with zero attached hydrogens (tertiary/aromatic N) is 1. The molecule has 1 aromatic heterocycles. The summed E-state index contributed by atoms with van der Waals surface area (Å²) in [5.41, 5.74) is 1.10. The summed E-state index contributed by atoms with van der Waals surface area (Å²) in [6, 6.07) is 0.376. The Morgan fingerprint density at radius 1 is 1.71 bits per heavy atom. The highest BCUT2D eigenvalue weighted by atomic mass is 32.1. The van der Waals surface area contributed by atoms with Crippen LogP contribution in [-0.2, 0) is 0 Å². The molecule has 1 aliphatic rings. The molecule has 1 heterocycles. The summed E-state index contributed by atoms with van der Waals surface area (Å²) < 4.78 is 0. The molecule has 2 N–H and O–H groups in total. The van der Waals surface area contributed by atoms with Gasteiger partial charge in [-0.05, 0) is 25.7 Å². The molecule has 14 heavy (non-hydrogen) atoms. The van der Waals surface area contributed by atoms with Crippen LogP contribution in [0.25, 0.3) is 0 Å². The van der Waals surface area contributed by atoms with E-state index in [4.69, 9.17) is 5.11 Å². The van der Waals surface area contributed by atoms with Gasteiger partial charge in [0.15, 0.2) is 0 Å². The predicted octanol–water partition coefficient (Wildman–Crippen LogP) is 1.48. The molecule has 0 aromatic carbocycles. The summed E-state index contributed by atoms with van der Waals surface area (Å²) in [7, 11) is 0. The number of hydrogen-bond donors (Lipinski definition) is 2. The number of aromatic nitrogens is 1. The quantitative estimate of drug-likeness (QED) is 0.777. The zero-order chi connectivity index (χ0) is 9.97. The lowest BCUT2D eigenvalue weighted by Gasteiger charge is -2.14. The van der Waals surface area contributed by atoms with Crippen LogP contribution in [0.2, 0.25) is 0 Å². The standard InChI is InChI=1S/C10H16N2OS/c1-7-6-14-10(12-7)9(8-2-3-8)11-4-5-13/h6,8-9,11,13H,2-5H2,1H3. The summed E-state index contributed by atoms with van der Waals surface area (Å²) >= 11 is 1.72. The fraction of sp³-hybridized carbons (Fsp3) is 0.700. The molecule has 1 unspecified atom stereocenters. The van der Waals surface area contributed by atoms with E-state index < -0.39 is 0 Å². The molecule has 1 aromatic rings. The van der Waals surface area contributed by atoms with Gasteiger partial charge in [0, 0.05) is 17.6 Å². The molecule has 0 saturated heterocycles. The monoisotopic (exact) mass is 212 g/mol. The Bertz CT molecular complexity index is 296. The van der Waals surface area contributed by atoms with E-state index in [1.165, 1.54) is 17.8 Å². The van der Waals surface area contributed by atoms with Gasteiger partial charge in [-0.3, -0.25) is 0 Å². The minimum Gasteiger partial charge on any atom is -0.395 e. The fourth-order valence-electron chi connectivity index (χ4n) is 1.62. The maximum absolute atomic E-state index is 8.79. The summed E-state index contributed by atoms with van der Waals surface area (Å²) in [6.07, 6.45) is 2.59. The van der Waals surface area contributed by atoms with Gasteiger partial charge in [0.05, 0.1) is 12.6 Å². The molecule has 0 radical (unpaired) electrons. The molecule has 0 bridgehead atoms. The van der Waals surface area contributed by atoms with Gasteiger partial charge in [0.25, 0.3) is 0 Å². The Balaban J connectivity index is 2.02. The second-order valence-electron chi connectivity index (χ2n) is 3.82. The molecule has 3 nitrogen and oxygen atoms in total. The molecule has 1 atom stereocenters. The highest BCUT2D eigenvalue weighted by molar-refractivity contribution is 7.09. The first-order valence-corrected chi connectivity index (χ1v) is 5.95. The smallest absolute Gasteiger partial charge is 0.110 e. The third kappa shape index (κ3) is 2.32. The van der Waals surface area contributed by atoms with Crippen LogP contribution in [0.3, 0.4) is 0 Å². The third-order valence-corrected chi connectivity index (χ3v) is 3.52. The van der Waals surface area contributed by atoms with Crippen molar-refractivity contribution < 1.29 is 5.11 Å². The predicted molar refractivity (Wildman–Crippen MR) is 57.4 cm³/mol. The second kappa shape index (κ2) is 4.38. The van der Waals surface area contributed by atoms with E-state index in [0.717, 1.165) is 11.6 Å². The number of nitrogens with one attached hydrogen (secondary N) is 1. The van der Waals surface area contributed by atoms with Gasteiger partial charge in [0.2, 0.25) is 0 Å². The SMILES string of the molecule is Cc1csc(C(NCCO)C2CC2)n1. The normalized spacial score (nSPS) is 18.4. The Morgan fingerprint density at radius 2 is 2.50 bits per heavy atom. The molecule has 2 rings (SSSR count). The van der Waals surface area contributed by atoms with Crippen molar-refractivity contribution in [3.05, 3.63) is 16.1 Å². The summed E-state index contributed by atoms with van der Waals surface area (Å²) in [5.74, 6) is 0.743. The van der Waals surface area contributed by atoms with E-state index in [9.17, 15) is 0 Å². The first kappa shape index (κ1) is 10.1. The van der Waals surface area contributed by atoms with E-state index >= 15 is 0 Å². The minimum atomic E-state index is 0.202. The van der Waals surface area contributed by atoms with Gasteiger partial charge < -0.3 is 10.4 Å². The lowest BCUT2D eigenvalue weighted by Crippen LogP contribution is -2.25. The molecule has 4 heteroatoms. The first-order chi connectivity index (χ1) is 6.81. The maximum Gasteiger partial charge on any atom is 0.110 e. The topological polar surface area (TPSA) is 45.1 Å². The highest BCUT2D eigenvalue weighted by Gasteiger charge is 2.33. The number of aryl methyl sites for hydroxylation is 1. The van der Waals surface area contributed by atoms with Crippen molar-refractivity contribution in [3.8, 4) is 0 Å². The van der Waals surface area contributed by atoms with Gasteiger partial charge in [-0.1, -0.05) is 0 Å². The zero-order valence-corrected chi connectivity index (χ0v) is 9.18. The number of thiazole rings is 1. The average Bonchev–Trinajstić information content (AvgIpc) is 2.91. The Labute approximate surface area is 88.2 Å². The Hall–Kier alpha value is -0.450. The molecule has 0 aliphatic heterocycles. The van der Waals surface area contributed by atoms with Crippen LogP contribution < -0.4 is 5.32 Å². The van der Waals surface area contributed by atoms with Gasteiger partial charge in [-0.2, -0.15) is 0 Å². The van der Waals surface area contributed by atoms with Crippen molar-refractivity contribution >= 4 is 11.3 Å². The van der Waals surface area contributed by atoms with Crippen LogP contribution in [0.1, 0.15) is 29.6 Å². The number of aliphatic hydroxyl groups excluding tert-OH is 1. The van der Waals surface area contributed by atoms with Crippen molar-refractivity contribution in [2.45, 2.75) is 25.8 Å². The molecule has 78 valence electrons. The van der Waals surface area contributed by atoms with Crippen molar-refractivity contribution in [1.82, 2.24) is 10.3 Å². The largest absolute Gasteiger partial charge is 0.395 e. The lowest BCUT2D eigenvalue weighted by molar-refractivity contribution is 0.280. The lowest BCUT2D eigenvalue weighted by atomic mass is 10.2. The zero-order valence-electron chi connectivity index (χ0n) is 8.36. The van der Waals surface area contributed by atoms with E-state index in [-0.39, 0.29) is 6.61 Å². The van der Waals surface area contributed by atoms with E-state index in [0.29, 0.717) is 12.6 Å². The first-order valence-electron chi connectivity index (χ1n) is 5.07. The highest BCUT2D eigenvalue weighted by Crippen LogP contribution is 2.41. The van der Waals surface area contributed by atoms with Crippen LogP contribution in [0.4, 0.5) is 0 Å². The average molecular weight is 212 g/mol. The van der Waals surface area contributed by atoms with Crippen molar-refractivity contribution in [2.75, 3.05) is 13.2 Å². The number of rotatable bonds is 5.